The van der Waals surface area contributed by atoms with E-state index in [9.17, 15) is 0 Å². The molecule has 0 aliphatic carbocycles. The molecule has 0 saturated heterocycles. The summed E-state index contributed by atoms with van der Waals surface area (Å²) in [6.07, 6.45) is 0. The fourth-order valence-corrected chi connectivity index (χ4v) is 3.02. The molecule has 3 rings (SSSR count). The molecule has 0 spiro atoms. The number of nitrogen functional groups attached to an aromatic ring is 2. The fraction of sp³-hybridized carbons (Fsp3) is 0. The van der Waals surface area contributed by atoms with Crippen molar-refractivity contribution in [2.24, 2.45) is 0 Å². The zero-order chi connectivity index (χ0) is 19.7. The molecule has 9 heteroatoms. The zero-order valence-electron chi connectivity index (χ0n) is 13.4. The van der Waals surface area contributed by atoms with Crippen LogP contribution in [0.3, 0.4) is 0 Å². The zero-order valence-corrected chi connectivity index (χ0v) is 17.2. The highest BCUT2D eigenvalue weighted by atomic mass is 35.5. The van der Waals surface area contributed by atoms with Gasteiger partial charge in [-0.25, -0.2) is 0 Å². The van der Waals surface area contributed by atoms with Gasteiger partial charge in [0.15, 0.2) is 11.5 Å². The lowest BCUT2D eigenvalue weighted by atomic mass is 10.2. The van der Waals surface area contributed by atoms with Crippen LogP contribution in [-0.2, 0) is 0 Å². The smallest absolute Gasteiger partial charge is 0.169 e. The van der Waals surface area contributed by atoms with Crippen molar-refractivity contribution in [1.29, 1.82) is 0 Å². The van der Waals surface area contributed by atoms with E-state index in [2.05, 4.69) is 0 Å². The molecule has 0 fully saturated rings. The third-order valence-electron chi connectivity index (χ3n) is 3.47. The van der Waals surface area contributed by atoms with E-state index in [0.717, 1.165) is 0 Å². The van der Waals surface area contributed by atoms with Gasteiger partial charge in [0, 0.05) is 18.2 Å². The lowest BCUT2D eigenvalue weighted by molar-refractivity contribution is 0.461. The van der Waals surface area contributed by atoms with E-state index < -0.39 is 0 Å². The van der Waals surface area contributed by atoms with E-state index in [-0.39, 0.29) is 26.6 Å². The summed E-state index contributed by atoms with van der Waals surface area (Å²) in [6.45, 7) is 0. The number of ether oxygens (including phenoxy) is 2. The molecule has 3 aromatic carbocycles. The summed E-state index contributed by atoms with van der Waals surface area (Å²) in [4.78, 5) is 0. The van der Waals surface area contributed by atoms with Crippen LogP contribution in [0.15, 0.2) is 42.5 Å². The largest absolute Gasteiger partial charge is 0.456 e. The Kier molecular flexibility index (Phi) is 6.04. The van der Waals surface area contributed by atoms with Crippen molar-refractivity contribution in [3.8, 4) is 23.0 Å². The minimum Gasteiger partial charge on any atom is -0.456 e. The third kappa shape index (κ3) is 4.42. The van der Waals surface area contributed by atoms with E-state index in [1.54, 1.807) is 30.3 Å². The topological polar surface area (TPSA) is 70.5 Å². The first-order valence-electron chi connectivity index (χ1n) is 7.39. The van der Waals surface area contributed by atoms with Gasteiger partial charge in [0.05, 0.1) is 26.4 Å². The van der Waals surface area contributed by atoms with Crippen molar-refractivity contribution in [3.05, 3.63) is 67.6 Å². The number of hydrogen-bond donors (Lipinski definition) is 2. The lowest BCUT2D eigenvalue weighted by Gasteiger charge is -2.15. The van der Waals surface area contributed by atoms with Crippen molar-refractivity contribution in [1.82, 2.24) is 0 Å². The summed E-state index contributed by atoms with van der Waals surface area (Å²) in [7, 11) is 0. The molecule has 0 atom stereocenters. The molecule has 0 aromatic heterocycles. The minimum atomic E-state index is 0.115. The van der Waals surface area contributed by atoms with Gasteiger partial charge in [0.2, 0.25) is 0 Å². The number of nitrogens with two attached hydrogens (primary N) is 2. The van der Waals surface area contributed by atoms with Crippen LogP contribution in [0.4, 0.5) is 11.4 Å². The third-order valence-corrected chi connectivity index (χ3v) is 5.28. The number of benzene rings is 3. The fourth-order valence-electron chi connectivity index (χ4n) is 2.14. The summed E-state index contributed by atoms with van der Waals surface area (Å²) < 4.78 is 11.5. The van der Waals surface area contributed by atoms with Gasteiger partial charge in [-0.2, -0.15) is 0 Å². The molecule has 0 heterocycles. The van der Waals surface area contributed by atoms with Crippen LogP contribution in [0.5, 0.6) is 23.0 Å². The molecule has 0 saturated carbocycles. The van der Waals surface area contributed by atoms with Gasteiger partial charge in [-0.1, -0.05) is 58.0 Å². The van der Waals surface area contributed by atoms with Gasteiger partial charge in [-0.15, -0.1) is 0 Å². The summed E-state index contributed by atoms with van der Waals surface area (Å²) in [5.74, 6) is 1.14. The molecule has 0 radical (unpaired) electrons. The first-order valence-corrected chi connectivity index (χ1v) is 9.28. The van der Waals surface area contributed by atoms with Crippen LogP contribution in [0.1, 0.15) is 0 Å². The molecule has 0 aliphatic rings. The number of hydrogen-bond acceptors (Lipinski definition) is 4. The standard InChI is InChI=1S/C18H11Cl5N2O2/c19-10-3-1-8(5-13(10)24)26-15-7-12(21)16(22)18(17(15)23)27-9-2-4-11(20)14(25)6-9/h1-7H,24-25H2. The van der Waals surface area contributed by atoms with Crippen molar-refractivity contribution >= 4 is 69.4 Å². The predicted molar refractivity (Wildman–Crippen MR) is 113 cm³/mol. The molecular formula is C18H11Cl5N2O2. The van der Waals surface area contributed by atoms with Crippen molar-refractivity contribution in [2.75, 3.05) is 11.5 Å². The average Bonchev–Trinajstić information content (AvgIpc) is 2.62. The first-order chi connectivity index (χ1) is 12.8. The highest BCUT2D eigenvalue weighted by Crippen LogP contribution is 2.47. The van der Waals surface area contributed by atoms with Gasteiger partial charge in [0.1, 0.15) is 21.5 Å². The lowest BCUT2D eigenvalue weighted by Crippen LogP contribution is -1.94. The Labute approximate surface area is 180 Å². The van der Waals surface area contributed by atoms with Gasteiger partial charge in [0.25, 0.3) is 0 Å². The van der Waals surface area contributed by atoms with Gasteiger partial charge in [-0.05, 0) is 24.3 Å². The first kappa shape index (κ1) is 20.1. The van der Waals surface area contributed by atoms with Crippen molar-refractivity contribution in [2.45, 2.75) is 0 Å². The van der Waals surface area contributed by atoms with Crippen LogP contribution >= 0.6 is 58.0 Å². The Morgan fingerprint density at radius 1 is 0.593 bits per heavy atom. The average molecular weight is 465 g/mol. The molecule has 4 N–H and O–H groups in total. The monoisotopic (exact) mass is 462 g/mol. The minimum absolute atomic E-state index is 0.115. The maximum atomic E-state index is 6.42. The molecule has 140 valence electrons. The van der Waals surface area contributed by atoms with Crippen molar-refractivity contribution < 1.29 is 9.47 Å². The Bertz CT molecular complexity index is 1030. The molecule has 0 amide bonds. The summed E-state index contributed by atoms with van der Waals surface area (Å²) in [5, 5.41) is 1.24. The van der Waals surface area contributed by atoms with E-state index in [4.69, 9.17) is 78.9 Å². The van der Waals surface area contributed by atoms with Crippen LogP contribution in [0.25, 0.3) is 0 Å². The van der Waals surface area contributed by atoms with Gasteiger partial charge >= 0.3 is 0 Å². The second-order valence-corrected chi connectivity index (χ2v) is 7.36. The second kappa shape index (κ2) is 8.13. The van der Waals surface area contributed by atoms with E-state index in [1.165, 1.54) is 12.1 Å². The Balaban J connectivity index is 1.99. The molecule has 3 aromatic rings. The normalized spacial score (nSPS) is 10.7. The highest BCUT2D eigenvalue weighted by Gasteiger charge is 2.19. The van der Waals surface area contributed by atoms with Crippen molar-refractivity contribution in [3.63, 3.8) is 0 Å². The van der Waals surface area contributed by atoms with E-state index >= 15 is 0 Å². The molecular weight excluding hydrogens is 453 g/mol. The summed E-state index contributed by atoms with van der Waals surface area (Å²) in [6, 6.07) is 11.0. The van der Waals surface area contributed by atoms with E-state index in [1.807, 2.05) is 0 Å². The van der Waals surface area contributed by atoms with Gasteiger partial charge in [-0.3, -0.25) is 0 Å². The van der Waals surface area contributed by atoms with Crippen LogP contribution in [-0.4, -0.2) is 0 Å². The maximum Gasteiger partial charge on any atom is 0.169 e. The molecule has 27 heavy (non-hydrogen) atoms. The molecule has 4 nitrogen and oxygen atoms in total. The number of rotatable bonds is 4. The van der Waals surface area contributed by atoms with E-state index in [0.29, 0.717) is 32.9 Å². The SMILES string of the molecule is Nc1cc(Oc2cc(Cl)c(Cl)c(Oc3ccc(Cl)c(N)c3)c2Cl)ccc1Cl. The van der Waals surface area contributed by atoms with Gasteiger partial charge < -0.3 is 20.9 Å². The predicted octanol–water partition coefficient (Wildman–Crippen LogP) is 7.70. The highest BCUT2D eigenvalue weighted by molar-refractivity contribution is 6.45. The number of anilines is 2. The number of halogens is 5. The second-order valence-electron chi connectivity index (χ2n) is 5.38. The molecule has 0 aliphatic heterocycles. The maximum absolute atomic E-state index is 6.42. The quantitative estimate of drug-likeness (QED) is 0.306. The molecule has 0 bridgehead atoms. The van der Waals surface area contributed by atoms with Crippen LogP contribution in [0, 0.1) is 0 Å². The summed E-state index contributed by atoms with van der Waals surface area (Å²) >= 11 is 30.7. The Hall–Kier alpha value is -1.69. The Morgan fingerprint density at radius 3 is 1.63 bits per heavy atom. The van der Waals surface area contributed by atoms with Crippen LogP contribution in [0.2, 0.25) is 25.1 Å². The van der Waals surface area contributed by atoms with Crippen LogP contribution < -0.4 is 20.9 Å². The summed E-state index contributed by atoms with van der Waals surface area (Å²) in [5.41, 5.74) is 12.3. The Morgan fingerprint density at radius 2 is 1.11 bits per heavy atom. The molecule has 0 unspecified atom stereocenters.